The molecule has 1 rings (SSSR count). The summed E-state index contributed by atoms with van der Waals surface area (Å²) in [6.07, 6.45) is 8.15. The maximum atomic E-state index is 4.27. The average Bonchev–Trinajstić information content (AvgIpc) is 2.35. The number of rotatable bonds is 2. The molecule has 0 unspecified atom stereocenters. The first kappa shape index (κ1) is 8.57. The fourth-order valence-electron chi connectivity index (χ4n) is 0.973. The molecule has 1 aliphatic carbocycles. The molecule has 2 heteroatoms. The van der Waals surface area contributed by atoms with Crippen molar-refractivity contribution < 1.29 is 0 Å². The third-order valence-corrected chi connectivity index (χ3v) is 1.43. The third-order valence-electron chi connectivity index (χ3n) is 1.43. The molecule has 1 saturated carbocycles. The highest BCUT2D eigenvalue weighted by Crippen LogP contribution is 2.24. The van der Waals surface area contributed by atoms with Gasteiger partial charge in [-0.05, 0) is 32.6 Å². The first-order chi connectivity index (χ1) is 5.20. The molecule has 0 amide bonds. The molecule has 0 atom stereocenters. The van der Waals surface area contributed by atoms with Crippen molar-refractivity contribution in [1.29, 1.82) is 0 Å². The zero-order valence-corrected chi connectivity index (χ0v) is 7.20. The Labute approximate surface area is 69.3 Å². The predicted octanol–water partition coefficient (Wildman–Crippen LogP) is 1.33. The van der Waals surface area contributed by atoms with Crippen molar-refractivity contribution in [2.45, 2.75) is 6.92 Å². The Hall–Kier alpha value is -0.530. The number of nitrogens with zero attached hydrogens (tertiary/aromatic N) is 2. The van der Waals surface area contributed by atoms with Crippen LogP contribution in [0.15, 0.2) is 5.10 Å². The van der Waals surface area contributed by atoms with Crippen molar-refractivity contribution in [2.24, 2.45) is 5.10 Å². The lowest BCUT2D eigenvalue weighted by atomic mass is 10.0. The SMILES string of the molecule is C/C(=N\N(C)C)[C]1[CH][CH][CH][CH]1. The van der Waals surface area contributed by atoms with Crippen molar-refractivity contribution in [3.8, 4) is 0 Å². The van der Waals surface area contributed by atoms with Crippen LogP contribution in [0.5, 0.6) is 0 Å². The molecule has 0 aromatic carbocycles. The van der Waals surface area contributed by atoms with Gasteiger partial charge in [0.15, 0.2) is 0 Å². The summed E-state index contributed by atoms with van der Waals surface area (Å²) >= 11 is 0. The maximum absolute atomic E-state index is 4.27. The monoisotopic (exact) mass is 149 g/mol. The molecule has 0 bridgehead atoms. The van der Waals surface area contributed by atoms with Gasteiger partial charge in [0.1, 0.15) is 0 Å². The fourth-order valence-corrected chi connectivity index (χ4v) is 0.973. The van der Waals surface area contributed by atoms with Gasteiger partial charge in [0.2, 0.25) is 0 Å². The van der Waals surface area contributed by atoms with E-state index in [2.05, 4.69) is 17.9 Å². The van der Waals surface area contributed by atoms with Crippen LogP contribution >= 0.6 is 0 Å². The van der Waals surface area contributed by atoms with Crippen molar-refractivity contribution in [3.63, 3.8) is 0 Å². The number of hydrazone groups is 1. The van der Waals surface area contributed by atoms with E-state index < -0.39 is 0 Å². The van der Waals surface area contributed by atoms with Crippen molar-refractivity contribution in [3.05, 3.63) is 31.6 Å². The Morgan fingerprint density at radius 2 is 1.82 bits per heavy atom. The molecule has 1 aliphatic rings. The second-order valence-electron chi connectivity index (χ2n) is 2.71. The molecule has 5 radical (unpaired) electrons. The van der Waals surface area contributed by atoms with E-state index in [1.54, 1.807) is 0 Å². The molecule has 0 spiro atoms. The molecular formula is C9H13N2. The molecule has 0 saturated heterocycles. The third kappa shape index (κ3) is 2.52. The highest BCUT2D eigenvalue weighted by atomic mass is 15.4. The minimum Gasteiger partial charge on any atom is -0.303 e. The van der Waals surface area contributed by atoms with Crippen LogP contribution in [0, 0.1) is 31.6 Å². The predicted molar refractivity (Wildman–Crippen MR) is 47.2 cm³/mol. The first-order valence-corrected chi connectivity index (χ1v) is 3.65. The van der Waals surface area contributed by atoms with Gasteiger partial charge in [0.25, 0.3) is 0 Å². The van der Waals surface area contributed by atoms with Crippen LogP contribution in [-0.2, 0) is 0 Å². The van der Waals surface area contributed by atoms with E-state index in [1.165, 1.54) is 5.92 Å². The Morgan fingerprint density at radius 3 is 2.27 bits per heavy atom. The quantitative estimate of drug-likeness (QED) is 0.427. The molecule has 0 aromatic heterocycles. The molecular weight excluding hydrogens is 136 g/mol. The van der Waals surface area contributed by atoms with Gasteiger partial charge in [-0.3, -0.25) is 0 Å². The highest BCUT2D eigenvalue weighted by Gasteiger charge is 2.19. The van der Waals surface area contributed by atoms with Gasteiger partial charge in [-0.2, -0.15) is 5.10 Å². The van der Waals surface area contributed by atoms with Crippen LogP contribution in [0.2, 0.25) is 0 Å². The summed E-state index contributed by atoms with van der Waals surface area (Å²) in [6.45, 7) is 2.01. The van der Waals surface area contributed by atoms with E-state index in [0.717, 1.165) is 5.71 Å². The van der Waals surface area contributed by atoms with Gasteiger partial charge >= 0.3 is 0 Å². The minimum atomic E-state index is 1.06. The minimum absolute atomic E-state index is 1.06. The van der Waals surface area contributed by atoms with Gasteiger partial charge in [-0.15, -0.1) is 0 Å². The van der Waals surface area contributed by atoms with Gasteiger partial charge < -0.3 is 5.01 Å². The maximum Gasteiger partial charge on any atom is 0.0426 e. The Balaban J connectivity index is 2.45. The summed E-state index contributed by atoms with van der Waals surface area (Å²) in [5, 5.41) is 6.08. The number of hydrogen-bond acceptors (Lipinski definition) is 2. The van der Waals surface area contributed by atoms with E-state index in [9.17, 15) is 0 Å². The van der Waals surface area contributed by atoms with Crippen LogP contribution in [0.1, 0.15) is 6.92 Å². The van der Waals surface area contributed by atoms with Gasteiger partial charge in [0, 0.05) is 25.7 Å². The highest BCUT2D eigenvalue weighted by molar-refractivity contribution is 5.99. The first-order valence-electron chi connectivity index (χ1n) is 3.65. The molecule has 0 aliphatic heterocycles. The fraction of sp³-hybridized carbons (Fsp3) is 0.333. The van der Waals surface area contributed by atoms with Crippen LogP contribution in [0.25, 0.3) is 0 Å². The lowest BCUT2D eigenvalue weighted by Gasteiger charge is -2.10. The van der Waals surface area contributed by atoms with E-state index in [1.807, 2.05) is 38.9 Å². The lowest BCUT2D eigenvalue weighted by molar-refractivity contribution is 0.437. The Morgan fingerprint density at radius 1 is 1.27 bits per heavy atom. The van der Waals surface area contributed by atoms with Crippen LogP contribution < -0.4 is 0 Å². The largest absolute Gasteiger partial charge is 0.303 e. The summed E-state index contributed by atoms with van der Waals surface area (Å²) in [5.74, 6) is 1.19. The summed E-state index contributed by atoms with van der Waals surface area (Å²) in [5.41, 5.74) is 1.06. The number of hydrogen-bond donors (Lipinski definition) is 0. The van der Waals surface area contributed by atoms with Crippen LogP contribution in [0.4, 0.5) is 0 Å². The summed E-state index contributed by atoms with van der Waals surface area (Å²) in [4.78, 5) is 0. The summed E-state index contributed by atoms with van der Waals surface area (Å²) < 4.78 is 0. The Bertz CT molecular complexity index is 144. The molecule has 1 fully saturated rings. The zero-order valence-electron chi connectivity index (χ0n) is 7.20. The molecule has 2 nitrogen and oxygen atoms in total. The van der Waals surface area contributed by atoms with Crippen molar-refractivity contribution >= 4 is 5.71 Å². The van der Waals surface area contributed by atoms with Crippen LogP contribution in [-0.4, -0.2) is 24.8 Å². The topological polar surface area (TPSA) is 15.6 Å². The van der Waals surface area contributed by atoms with Crippen molar-refractivity contribution in [2.75, 3.05) is 14.1 Å². The van der Waals surface area contributed by atoms with Crippen molar-refractivity contribution in [1.82, 2.24) is 5.01 Å². The molecule has 0 heterocycles. The zero-order chi connectivity index (χ0) is 8.27. The van der Waals surface area contributed by atoms with Gasteiger partial charge in [0.05, 0.1) is 0 Å². The van der Waals surface area contributed by atoms with Crippen LogP contribution in [0.3, 0.4) is 0 Å². The average molecular weight is 149 g/mol. The second-order valence-corrected chi connectivity index (χ2v) is 2.71. The molecule has 0 aromatic rings. The normalized spacial score (nSPS) is 20.8. The van der Waals surface area contributed by atoms with E-state index >= 15 is 0 Å². The summed E-state index contributed by atoms with van der Waals surface area (Å²) in [6, 6.07) is 0. The van der Waals surface area contributed by atoms with E-state index in [4.69, 9.17) is 0 Å². The molecule has 59 valence electrons. The van der Waals surface area contributed by atoms with Gasteiger partial charge in [-0.25, -0.2) is 0 Å². The van der Waals surface area contributed by atoms with E-state index in [0.29, 0.717) is 0 Å². The second kappa shape index (κ2) is 3.74. The standard InChI is InChI=1S/C9H13N2/c1-8(10-11(2)3)9-6-4-5-7-9/h4-7H,1-3H3/b10-8+. The van der Waals surface area contributed by atoms with Gasteiger partial charge in [-0.1, -0.05) is 0 Å². The smallest absolute Gasteiger partial charge is 0.0426 e. The Kier molecular flexibility index (Phi) is 2.92. The lowest BCUT2D eigenvalue weighted by Crippen LogP contribution is -2.12. The van der Waals surface area contributed by atoms with E-state index in [-0.39, 0.29) is 0 Å². The molecule has 0 N–H and O–H groups in total. The molecule has 11 heavy (non-hydrogen) atoms. The summed E-state index contributed by atoms with van der Waals surface area (Å²) in [7, 11) is 3.85.